The van der Waals surface area contributed by atoms with Crippen molar-refractivity contribution in [3.05, 3.63) is 54.2 Å². The molecule has 1 saturated carbocycles. The minimum absolute atomic E-state index is 0.242. The van der Waals surface area contributed by atoms with Crippen LogP contribution < -0.4 is 5.32 Å². The maximum Gasteiger partial charge on any atom is 0.145 e. The van der Waals surface area contributed by atoms with E-state index in [4.69, 9.17) is 5.26 Å². The highest BCUT2D eigenvalue weighted by Gasteiger charge is 2.19. The molecule has 1 aliphatic carbocycles. The Morgan fingerprint density at radius 1 is 1.13 bits per heavy atom. The van der Waals surface area contributed by atoms with Crippen LogP contribution in [0.25, 0.3) is 16.9 Å². The highest BCUT2D eigenvalue weighted by atomic mass is 16.1. The number of piperidine rings is 1. The van der Waals surface area contributed by atoms with Gasteiger partial charge in [0.1, 0.15) is 17.8 Å². The van der Waals surface area contributed by atoms with Crippen molar-refractivity contribution in [1.29, 1.82) is 5.26 Å². The molecule has 0 radical (unpaired) electrons. The quantitative estimate of drug-likeness (QED) is 0.626. The zero-order chi connectivity index (χ0) is 21.6. The van der Waals surface area contributed by atoms with Gasteiger partial charge in [-0.05, 0) is 62.0 Å². The maximum absolute atomic E-state index is 9.57. The number of hydrogen-bond acceptors (Lipinski definition) is 5. The van der Waals surface area contributed by atoms with Crippen LogP contribution in [-0.2, 0) is 11.3 Å². The molecule has 6 nitrogen and oxygen atoms in total. The third kappa shape index (κ3) is 5.31. The first kappa shape index (κ1) is 21.1. The third-order valence-corrected chi connectivity index (χ3v) is 5.99. The number of nitriles is 1. The predicted molar refractivity (Wildman–Crippen MR) is 123 cm³/mol. The van der Waals surface area contributed by atoms with Gasteiger partial charge in [0.05, 0.1) is 18.0 Å². The van der Waals surface area contributed by atoms with Crippen LogP contribution in [0.3, 0.4) is 0 Å². The van der Waals surface area contributed by atoms with E-state index in [9.17, 15) is 4.79 Å². The summed E-state index contributed by atoms with van der Waals surface area (Å²) < 4.78 is 2.12. The molecule has 0 unspecified atom stereocenters. The molecule has 0 atom stereocenters. The van der Waals surface area contributed by atoms with E-state index in [0.717, 1.165) is 68.8 Å². The van der Waals surface area contributed by atoms with Gasteiger partial charge in [-0.1, -0.05) is 30.3 Å². The standard InChI is InChI=1S/C21H23N5.C4H6O/c1-23-20-15-26-19(3-2-4-21(26)24-20)18-7-5-17(6-8-18)14-25-11-9-16(13-22)10-12-25;5-3-4-1-2-4/h2-8,15-16,23H,9-12,14H2,1H3;3-4H,1-2H2. The highest BCUT2D eigenvalue weighted by molar-refractivity contribution is 5.65. The molecule has 3 heterocycles. The molecule has 3 aromatic rings. The van der Waals surface area contributed by atoms with Crippen molar-refractivity contribution in [3.8, 4) is 17.3 Å². The number of anilines is 1. The Kier molecular flexibility index (Phi) is 6.63. The summed E-state index contributed by atoms with van der Waals surface area (Å²) >= 11 is 0. The SMILES string of the molecule is CNc1cn2c(-c3ccc(CN4CCC(C#N)CC4)cc3)cccc2n1.O=CC1CC1. The molecule has 0 bridgehead atoms. The zero-order valence-corrected chi connectivity index (χ0v) is 18.0. The van der Waals surface area contributed by atoms with E-state index in [-0.39, 0.29) is 5.92 Å². The molecule has 160 valence electrons. The molecule has 1 saturated heterocycles. The Morgan fingerprint density at radius 2 is 1.87 bits per heavy atom. The number of benzene rings is 1. The molecule has 1 N–H and O–H groups in total. The van der Waals surface area contributed by atoms with E-state index in [1.807, 2.05) is 25.4 Å². The van der Waals surface area contributed by atoms with E-state index in [1.54, 1.807) is 0 Å². The number of fused-ring (bicyclic) bond motifs is 1. The van der Waals surface area contributed by atoms with Crippen LogP contribution in [0, 0.1) is 23.2 Å². The molecule has 0 spiro atoms. The molecule has 5 rings (SSSR count). The second-order valence-electron chi connectivity index (χ2n) is 8.37. The van der Waals surface area contributed by atoms with E-state index >= 15 is 0 Å². The number of imidazole rings is 1. The summed E-state index contributed by atoms with van der Waals surface area (Å²) in [5.74, 6) is 1.57. The lowest BCUT2D eigenvalue weighted by molar-refractivity contribution is -0.108. The number of aromatic nitrogens is 2. The van der Waals surface area contributed by atoms with Gasteiger partial charge in [0, 0.05) is 25.4 Å². The Bertz CT molecular complexity index is 1050. The van der Waals surface area contributed by atoms with Gasteiger partial charge < -0.3 is 10.1 Å². The number of carbonyl (C=O) groups excluding carboxylic acids is 1. The van der Waals surface area contributed by atoms with Crippen molar-refractivity contribution in [3.63, 3.8) is 0 Å². The fourth-order valence-electron chi connectivity index (χ4n) is 3.86. The van der Waals surface area contributed by atoms with Gasteiger partial charge in [0.25, 0.3) is 0 Å². The molecule has 1 aromatic carbocycles. The lowest BCUT2D eigenvalue weighted by Gasteiger charge is -2.29. The first-order valence-electron chi connectivity index (χ1n) is 11.0. The Morgan fingerprint density at radius 3 is 2.45 bits per heavy atom. The number of nitrogens with one attached hydrogen (secondary N) is 1. The van der Waals surface area contributed by atoms with E-state index < -0.39 is 0 Å². The van der Waals surface area contributed by atoms with Crippen LogP contribution in [-0.4, -0.2) is 40.7 Å². The molecule has 2 aromatic heterocycles. The van der Waals surface area contributed by atoms with Crippen LogP contribution in [0.1, 0.15) is 31.2 Å². The van der Waals surface area contributed by atoms with Crippen molar-refractivity contribution in [2.45, 2.75) is 32.2 Å². The Balaban J connectivity index is 0.000000407. The Hall–Kier alpha value is -3.17. The summed E-state index contributed by atoms with van der Waals surface area (Å²) in [5.41, 5.74) is 4.58. The second kappa shape index (κ2) is 9.76. The van der Waals surface area contributed by atoms with Crippen LogP contribution in [0.5, 0.6) is 0 Å². The van der Waals surface area contributed by atoms with Crippen molar-refractivity contribution >= 4 is 17.8 Å². The summed E-state index contributed by atoms with van der Waals surface area (Å²) in [6, 6.07) is 17.4. The van der Waals surface area contributed by atoms with Crippen molar-refractivity contribution in [2.75, 3.05) is 25.5 Å². The topological polar surface area (TPSA) is 73.4 Å². The normalized spacial score (nSPS) is 16.9. The number of carbonyl (C=O) groups is 1. The van der Waals surface area contributed by atoms with Gasteiger partial charge in [-0.3, -0.25) is 9.30 Å². The molecular formula is C25H29N5O. The van der Waals surface area contributed by atoms with Crippen molar-refractivity contribution in [2.24, 2.45) is 11.8 Å². The monoisotopic (exact) mass is 415 g/mol. The number of rotatable bonds is 5. The summed E-state index contributed by atoms with van der Waals surface area (Å²) in [4.78, 5) is 16.6. The summed E-state index contributed by atoms with van der Waals surface area (Å²) in [5, 5.41) is 12.1. The third-order valence-electron chi connectivity index (χ3n) is 5.99. The predicted octanol–water partition coefficient (Wildman–Crippen LogP) is 4.37. The molecule has 2 aliphatic rings. The average Bonchev–Trinajstić information content (AvgIpc) is 3.57. The van der Waals surface area contributed by atoms with Gasteiger partial charge in [-0.25, -0.2) is 4.98 Å². The lowest BCUT2D eigenvalue weighted by atomic mass is 9.98. The van der Waals surface area contributed by atoms with Crippen molar-refractivity contribution < 1.29 is 4.79 Å². The summed E-state index contributed by atoms with van der Waals surface area (Å²) in [6.07, 6.45) is 7.32. The van der Waals surface area contributed by atoms with Gasteiger partial charge >= 0.3 is 0 Å². The lowest BCUT2D eigenvalue weighted by Crippen LogP contribution is -2.32. The second-order valence-corrected chi connectivity index (χ2v) is 8.37. The summed E-state index contributed by atoms with van der Waals surface area (Å²) in [7, 11) is 1.88. The maximum atomic E-state index is 9.57. The van der Waals surface area contributed by atoms with Crippen LogP contribution >= 0.6 is 0 Å². The minimum Gasteiger partial charge on any atom is -0.372 e. The van der Waals surface area contributed by atoms with Crippen LogP contribution in [0.2, 0.25) is 0 Å². The smallest absolute Gasteiger partial charge is 0.145 e. The number of aldehydes is 1. The highest BCUT2D eigenvalue weighted by Crippen LogP contribution is 2.25. The first-order valence-corrected chi connectivity index (χ1v) is 11.0. The fourth-order valence-corrected chi connectivity index (χ4v) is 3.86. The van der Waals surface area contributed by atoms with E-state index in [0.29, 0.717) is 5.92 Å². The fraction of sp³-hybridized carbons (Fsp3) is 0.400. The molecule has 1 aliphatic heterocycles. The van der Waals surface area contributed by atoms with E-state index in [2.05, 4.69) is 56.0 Å². The van der Waals surface area contributed by atoms with Crippen molar-refractivity contribution in [1.82, 2.24) is 14.3 Å². The number of pyridine rings is 1. The average molecular weight is 416 g/mol. The summed E-state index contributed by atoms with van der Waals surface area (Å²) in [6.45, 7) is 2.99. The minimum atomic E-state index is 0.242. The van der Waals surface area contributed by atoms with Gasteiger partial charge in [-0.15, -0.1) is 0 Å². The Labute approximate surface area is 183 Å². The molecule has 0 amide bonds. The zero-order valence-electron chi connectivity index (χ0n) is 18.0. The molecule has 2 fully saturated rings. The number of likely N-dealkylation sites (tertiary alicyclic amines) is 1. The van der Waals surface area contributed by atoms with Gasteiger partial charge in [0.15, 0.2) is 0 Å². The first-order chi connectivity index (χ1) is 15.2. The molecule has 6 heteroatoms. The number of nitrogens with zero attached hydrogens (tertiary/aromatic N) is 4. The van der Waals surface area contributed by atoms with Crippen LogP contribution in [0.15, 0.2) is 48.7 Å². The molecule has 31 heavy (non-hydrogen) atoms. The number of hydrogen-bond donors (Lipinski definition) is 1. The van der Waals surface area contributed by atoms with E-state index in [1.165, 1.54) is 11.1 Å². The van der Waals surface area contributed by atoms with Crippen LogP contribution in [0.4, 0.5) is 5.82 Å². The van der Waals surface area contributed by atoms with Gasteiger partial charge in [0.2, 0.25) is 0 Å². The molecular weight excluding hydrogens is 386 g/mol. The van der Waals surface area contributed by atoms with Gasteiger partial charge in [-0.2, -0.15) is 5.26 Å². The largest absolute Gasteiger partial charge is 0.372 e.